The molecular weight excluding hydrogens is 202 g/mol. The largest absolute Gasteiger partial charge is 0.394 e. The van der Waals surface area contributed by atoms with Gasteiger partial charge in [-0.05, 0) is 12.8 Å². The van der Waals surface area contributed by atoms with Crippen molar-refractivity contribution in [2.24, 2.45) is 5.73 Å². The molecule has 2 atom stereocenters. The third-order valence-electron chi connectivity index (χ3n) is 1.76. The lowest BCUT2D eigenvalue weighted by atomic mass is 10.0. The van der Waals surface area contributed by atoms with Crippen molar-refractivity contribution in [3.05, 3.63) is 11.6 Å². The van der Waals surface area contributed by atoms with E-state index in [-0.39, 0.29) is 12.8 Å². The summed E-state index contributed by atoms with van der Waals surface area (Å²) in [6.07, 6.45) is -0.840. The van der Waals surface area contributed by atoms with Crippen molar-refractivity contribution < 1.29 is 25.2 Å². The summed E-state index contributed by atoms with van der Waals surface area (Å²) in [5, 5.41) is 35.5. The Bertz CT molecular complexity index is 215. The van der Waals surface area contributed by atoms with E-state index in [9.17, 15) is 4.79 Å². The number of hydrogen-bond acceptors (Lipinski definition) is 5. The molecule has 15 heavy (non-hydrogen) atoms. The molecule has 2 unspecified atom stereocenters. The second-order valence-corrected chi connectivity index (χ2v) is 3.29. The van der Waals surface area contributed by atoms with E-state index >= 15 is 0 Å². The molecular formula is C9H17NO5. The maximum atomic E-state index is 10.6. The molecule has 88 valence electrons. The van der Waals surface area contributed by atoms with Crippen LogP contribution in [0.3, 0.4) is 0 Å². The first-order valence-corrected chi connectivity index (χ1v) is 4.56. The molecule has 0 saturated heterocycles. The minimum absolute atomic E-state index is 0.0382. The SMILES string of the molecule is NC(=O)C=C(CC(O)CO)CC(O)CO. The Morgan fingerprint density at radius 2 is 1.53 bits per heavy atom. The molecule has 0 rings (SSSR count). The third kappa shape index (κ3) is 7.03. The molecule has 0 aliphatic carbocycles. The highest BCUT2D eigenvalue weighted by Crippen LogP contribution is 2.12. The summed E-state index contributed by atoms with van der Waals surface area (Å²) in [5.74, 6) is -0.694. The van der Waals surface area contributed by atoms with Crippen LogP contribution in [0.1, 0.15) is 12.8 Å². The van der Waals surface area contributed by atoms with Gasteiger partial charge < -0.3 is 26.2 Å². The maximum absolute atomic E-state index is 10.6. The van der Waals surface area contributed by atoms with E-state index in [1.54, 1.807) is 0 Å². The van der Waals surface area contributed by atoms with Gasteiger partial charge in [-0.1, -0.05) is 5.57 Å². The Hall–Kier alpha value is -0.950. The van der Waals surface area contributed by atoms with Crippen molar-refractivity contribution in [1.82, 2.24) is 0 Å². The highest BCUT2D eigenvalue weighted by molar-refractivity contribution is 5.86. The average Bonchev–Trinajstić information content (AvgIpc) is 2.16. The zero-order valence-electron chi connectivity index (χ0n) is 8.33. The van der Waals surface area contributed by atoms with Gasteiger partial charge in [0.25, 0.3) is 0 Å². The van der Waals surface area contributed by atoms with E-state index in [2.05, 4.69) is 0 Å². The van der Waals surface area contributed by atoms with Crippen LogP contribution in [-0.4, -0.2) is 51.8 Å². The zero-order valence-corrected chi connectivity index (χ0v) is 8.33. The number of carbonyl (C=O) groups is 1. The maximum Gasteiger partial charge on any atom is 0.241 e. The fourth-order valence-corrected chi connectivity index (χ4v) is 1.14. The molecule has 0 aliphatic rings. The van der Waals surface area contributed by atoms with Gasteiger partial charge in [0.15, 0.2) is 0 Å². The van der Waals surface area contributed by atoms with Gasteiger partial charge in [-0.25, -0.2) is 0 Å². The molecule has 0 aromatic carbocycles. The van der Waals surface area contributed by atoms with Gasteiger partial charge >= 0.3 is 0 Å². The Balaban J connectivity index is 4.38. The summed E-state index contributed by atoms with van der Waals surface area (Å²) in [5.41, 5.74) is 5.32. The Labute approximate surface area is 87.6 Å². The quantitative estimate of drug-likeness (QED) is 0.313. The van der Waals surface area contributed by atoms with Gasteiger partial charge in [-0.15, -0.1) is 0 Å². The van der Waals surface area contributed by atoms with Gasteiger partial charge in [0, 0.05) is 6.08 Å². The molecule has 6 heteroatoms. The lowest BCUT2D eigenvalue weighted by Crippen LogP contribution is -2.19. The summed E-state index contributed by atoms with van der Waals surface area (Å²) >= 11 is 0. The first-order chi connectivity index (χ1) is 6.99. The van der Waals surface area contributed by atoms with Crippen LogP contribution in [0.5, 0.6) is 0 Å². The number of aliphatic hydroxyl groups excluding tert-OH is 4. The van der Waals surface area contributed by atoms with E-state index in [1.165, 1.54) is 0 Å². The lowest BCUT2D eigenvalue weighted by molar-refractivity contribution is -0.113. The van der Waals surface area contributed by atoms with Gasteiger partial charge in [0.1, 0.15) is 0 Å². The molecule has 6 N–H and O–H groups in total. The number of carbonyl (C=O) groups excluding carboxylic acids is 1. The number of rotatable bonds is 7. The monoisotopic (exact) mass is 219 g/mol. The van der Waals surface area contributed by atoms with Crippen molar-refractivity contribution in [1.29, 1.82) is 0 Å². The molecule has 1 amide bonds. The minimum Gasteiger partial charge on any atom is -0.394 e. The van der Waals surface area contributed by atoms with E-state index in [1.807, 2.05) is 0 Å². The number of amides is 1. The highest BCUT2D eigenvalue weighted by Gasteiger charge is 2.11. The summed E-state index contributed by atoms with van der Waals surface area (Å²) in [6.45, 7) is -0.878. The molecule has 0 aliphatic heterocycles. The normalized spacial score (nSPS) is 14.4. The second-order valence-electron chi connectivity index (χ2n) is 3.29. The molecule has 0 aromatic rings. The fraction of sp³-hybridized carbons (Fsp3) is 0.667. The van der Waals surface area contributed by atoms with Gasteiger partial charge in [-0.2, -0.15) is 0 Å². The standard InChI is InChI=1S/C9H17NO5/c10-9(15)3-6(1-7(13)4-11)2-8(14)5-12/h3,7-8,11-14H,1-2,4-5H2,(H2,10,15). The Kier molecular flexibility index (Phi) is 6.89. The predicted octanol–water partition coefficient (Wildman–Crippen LogP) is -2.12. The molecule has 0 spiro atoms. The van der Waals surface area contributed by atoms with Crippen molar-refractivity contribution in [2.45, 2.75) is 25.0 Å². The number of hydrogen-bond donors (Lipinski definition) is 5. The van der Waals surface area contributed by atoms with Crippen LogP contribution >= 0.6 is 0 Å². The zero-order chi connectivity index (χ0) is 11.8. The molecule has 0 saturated carbocycles. The molecule has 0 bridgehead atoms. The van der Waals surface area contributed by atoms with Crippen LogP contribution in [0.25, 0.3) is 0 Å². The predicted molar refractivity (Wildman–Crippen MR) is 52.7 cm³/mol. The first-order valence-electron chi connectivity index (χ1n) is 4.56. The van der Waals surface area contributed by atoms with Gasteiger partial charge in [0.05, 0.1) is 25.4 Å². The lowest BCUT2D eigenvalue weighted by Gasteiger charge is -2.13. The third-order valence-corrected chi connectivity index (χ3v) is 1.76. The van der Waals surface area contributed by atoms with Gasteiger partial charge in [-0.3, -0.25) is 4.79 Å². The number of aliphatic hydroxyl groups is 4. The van der Waals surface area contributed by atoms with Crippen LogP contribution in [-0.2, 0) is 4.79 Å². The Morgan fingerprint density at radius 1 is 1.13 bits per heavy atom. The minimum atomic E-state index is -0.999. The van der Waals surface area contributed by atoms with Crippen LogP contribution in [0.2, 0.25) is 0 Å². The van der Waals surface area contributed by atoms with E-state index in [0.29, 0.717) is 5.57 Å². The average molecular weight is 219 g/mol. The van der Waals surface area contributed by atoms with Crippen molar-refractivity contribution >= 4 is 5.91 Å². The molecule has 0 aromatic heterocycles. The first kappa shape index (κ1) is 14.1. The number of primary amides is 1. The topological polar surface area (TPSA) is 124 Å². The summed E-state index contributed by atoms with van der Waals surface area (Å²) in [6, 6.07) is 0. The summed E-state index contributed by atoms with van der Waals surface area (Å²) in [4.78, 5) is 10.6. The van der Waals surface area contributed by atoms with E-state index in [4.69, 9.17) is 26.2 Å². The molecule has 0 heterocycles. The van der Waals surface area contributed by atoms with E-state index in [0.717, 1.165) is 6.08 Å². The second kappa shape index (κ2) is 7.36. The van der Waals surface area contributed by atoms with Crippen molar-refractivity contribution in [3.63, 3.8) is 0 Å². The summed E-state index contributed by atoms with van der Waals surface area (Å²) in [7, 11) is 0. The van der Waals surface area contributed by atoms with Gasteiger partial charge in [0.2, 0.25) is 5.91 Å². The van der Waals surface area contributed by atoms with Crippen LogP contribution < -0.4 is 5.73 Å². The highest BCUT2D eigenvalue weighted by atomic mass is 16.3. The van der Waals surface area contributed by atoms with E-state index < -0.39 is 31.3 Å². The molecule has 0 fully saturated rings. The smallest absolute Gasteiger partial charge is 0.241 e. The van der Waals surface area contributed by atoms with Crippen LogP contribution in [0, 0.1) is 0 Å². The summed E-state index contributed by atoms with van der Waals surface area (Å²) < 4.78 is 0. The van der Waals surface area contributed by atoms with Crippen LogP contribution in [0.4, 0.5) is 0 Å². The molecule has 6 nitrogen and oxygen atoms in total. The molecule has 0 radical (unpaired) electrons. The number of nitrogens with two attached hydrogens (primary N) is 1. The fourth-order valence-electron chi connectivity index (χ4n) is 1.14. The van der Waals surface area contributed by atoms with Crippen LogP contribution in [0.15, 0.2) is 11.6 Å². The Morgan fingerprint density at radius 3 is 1.80 bits per heavy atom. The van der Waals surface area contributed by atoms with Crippen molar-refractivity contribution in [2.75, 3.05) is 13.2 Å². The van der Waals surface area contributed by atoms with Crippen molar-refractivity contribution in [3.8, 4) is 0 Å².